The molecule has 0 saturated carbocycles. The average molecular weight is 1150 g/mol. The molecule has 0 spiro atoms. The summed E-state index contributed by atoms with van der Waals surface area (Å²) in [5, 5.41) is 21.2. The lowest BCUT2D eigenvalue weighted by atomic mass is 9.80. The first-order valence-corrected chi connectivity index (χ1v) is 29.7. The van der Waals surface area contributed by atoms with E-state index < -0.39 is 23.4 Å². The third-order valence-corrected chi connectivity index (χ3v) is 16.1. The van der Waals surface area contributed by atoms with Crippen molar-refractivity contribution in [3.63, 3.8) is 0 Å². The van der Waals surface area contributed by atoms with Gasteiger partial charge in [0.15, 0.2) is 0 Å². The number of hydrogen-bond acceptors (Lipinski definition) is 12. The molecule has 6 aromatic rings. The first-order chi connectivity index (χ1) is 40.7. The van der Waals surface area contributed by atoms with Gasteiger partial charge in [-0.25, -0.2) is 0 Å². The molecule has 0 aliphatic carbocycles. The number of ketones is 2. The summed E-state index contributed by atoms with van der Waals surface area (Å²) in [6.07, 6.45) is 8.70. The summed E-state index contributed by atoms with van der Waals surface area (Å²) in [5.41, 5.74) is 3.59. The third-order valence-electron chi connectivity index (χ3n) is 16.1. The Kier molecular flexibility index (Phi) is 24.5. The van der Waals surface area contributed by atoms with Crippen molar-refractivity contribution in [2.75, 3.05) is 54.7 Å². The minimum absolute atomic E-state index is 0.0333. The Morgan fingerprint density at radius 2 is 0.655 bits per heavy atom. The van der Waals surface area contributed by atoms with Crippen LogP contribution in [0.2, 0.25) is 0 Å². The number of methoxy groups -OCH3 is 4. The summed E-state index contributed by atoms with van der Waals surface area (Å²) in [6.45, 7) is 4.32. The van der Waals surface area contributed by atoms with E-state index in [1.54, 1.807) is 52.1 Å². The van der Waals surface area contributed by atoms with E-state index in [1.807, 2.05) is 158 Å². The molecule has 448 valence electrons. The van der Waals surface area contributed by atoms with Crippen LogP contribution in [0.5, 0.6) is 23.0 Å². The maximum absolute atomic E-state index is 13.3. The lowest BCUT2D eigenvalue weighted by molar-refractivity contribution is -0.135. The zero-order chi connectivity index (χ0) is 59.9. The Hall–Kier alpha value is -7.36. The van der Waals surface area contributed by atoms with Gasteiger partial charge in [0.25, 0.3) is 0 Å². The predicted molar refractivity (Wildman–Crippen MR) is 326 cm³/mol. The zero-order valence-corrected chi connectivity index (χ0v) is 49.9. The number of aliphatic hydroxyl groups excluding tert-OH is 2. The fourth-order valence-electron chi connectivity index (χ4n) is 11.6. The van der Waals surface area contributed by atoms with Crippen molar-refractivity contribution in [3.05, 3.63) is 191 Å². The number of likely N-dealkylation sites (tertiary alicyclic amines) is 2. The SMILES string of the molecule is COc1ccc(C(OC[C@@H]2C[C@@H](O)CN2C(=O)CCCCCCC(C)=O)(c2ccccc2)c2ccc(OC)cc2)cc1.COc1ccc(C(OC[C@@H]2C[C@@H](O)CN2C(=O)CCCCCCC(C)=O)(c2ccccc2)c2ccc(OC)cc2)cc1. The molecule has 0 radical (unpaired) electrons. The van der Waals surface area contributed by atoms with E-state index in [1.165, 1.54) is 0 Å². The largest absolute Gasteiger partial charge is 0.497 e. The van der Waals surface area contributed by atoms with E-state index in [0.29, 0.717) is 51.6 Å². The number of carbonyl (C=O) groups is 4. The van der Waals surface area contributed by atoms with Crippen molar-refractivity contribution in [3.8, 4) is 23.0 Å². The Morgan fingerprint density at radius 3 is 0.917 bits per heavy atom. The van der Waals surface area contributed by atoms with Crippen LogP contribution in [0.4, 0.5) is 0 Å². The number of unbranched alkanes of at least 4 members (excludes halogenated alkanes) is 6. The molecule has 2 heterocycles. The van der Waals surface area contributed by atoms with Gasteiger partial charge in [-0.1, -0.05) is 135 Å². The van der Waals surface area contributed by atoms with Crippen molar-refractivity contribution >= 4 is 23.4 Å². The highest BCUT2D eigenvalue weighted by atomic mass is 16.5. The van der Waals surface area contributed by atoms with Gasteiger partial charge in [0.1, 0.15) is 45.8 Å². The fraction of sp³-hybridized carbons (Fsp3) is 0.429. The van der Waals surface area contributed by atoms with Gasteiger partial charge in [-0.15, -0.1) is 0 Å². The summed E-state index contributed by atoms with van der Waals surface area (Å²) in [6, 6.07) is 51.0. The number of aliphatic hydroxyl groups is 2. The van der Waals surface area contributed by atoms with E-state index in [2.05, 4.69) is 0 Å². The molecule has 2 saturated heterocycles. The van der Waals surface area contributed by atoms with Crippen molar-refractivity contribution in [1.82, 2.24) is 9.80 Å². The van der Waals surface area contributed by atoms with Crippen molar-refractivity contribution in [2.45, 2.75) is 139 Å². The molecule has 2 N–H and O–H groups in total. The quantitative estimate of drug-likeness (QED) is 0.0324. The van der Waals surface area contributed by atoms with Crippen molar-refractivity contribution in [1.29, 1.82) is 0 Å². The van der Waals surface area contributed by atoms with Crippen LogP contribution in [0.1, 0.15) is 137 Å². The number of carbonyl (C=O) groups excluding carboxylic acids is 4. The molecular weight excluding hydrogens is 1060 g/mol. The van der Waals surface area contributed by atoms with Crippen LogP contribution >= 0.6 is 0 Å². The number of nitrogens with zero attached hydrogens (tertiary/aromatic N) is 2. The van der Waals surface area contributed by atoms with Gasteiger partial charge in [-0.05, 0) is 134 Å². The number of rotatable bonds is 30. The van der Waals surface area contributed by atoms with Gasteiger partial charge in [0.2, 0.25) is 11.8 Å². The Balaban J connectivity index is 0.000000241. The van der Waals surface area contributed by atoms with E-state index >= 15 is 0 Å². The van der Waals surface area contributed by atoms with Crippen LogP contribution in [0, 0.1) is 0 Å². The summed E-state index contributed by atoms with van der Waals surface area (Å²) in [5.74, 6) is 3.45. The normalized spacial score (nSPS) is 16.8. The van der Waals surface area contributed by atoms with Crippen LogP contribution in [-0.4, -0.2) is 122 Å². The summed E-state index contributed by atoms with van der Waals surface area (Å²) >= 11 is 0. The van der Waals surface area contributed by atoms with E-state index in [0.717, 1.165) is 108 Å². The highest BCUT2D eigenvalue weighted by Crippen LogP contribution is 2.44. The van der Waals surface area contributed by atoms with Gasteiger partial charge in [-0.3, -0.25) is 9.59 Å². The Labute approximate surface area is 497 Å². The van der Waals surface area contributed by atoms with Gasteiger partial charge >= 0.3 is 0 Å². The highest BCUT2D eigenvalue weighted by Gasteiger charge is 2.43. The monoisotopic (exact) mass is 1150 g/mol. The van der Waals surface area contributed by atoms with Gasteiger partial charge < -0.3 is 58.0 Å². The molecule has 0 aromatic heterocycles. The molecular formula is C70H86N2O12. The second-order valence-corrected chi connectivity index (χ2v) is 22.0. The molecule has 6 aromatic carbocycles. The van der Waals surface area contributed by atoms with Crippen LogP contribution in [0.25, 0.3) is 0 Å². The van der Waals surface area contributed by atoms with Crippen molar-refractivity contribution < 1.29 is 57.8 Å². The summed E-state index contributed by atoms with van der Waals surface area (Å²) in [7, 11) is 6.57. The minimum Gasteiger partial charge on any atom is -0.497 e. The number of β-amino-alcohol motifs (C(OH)–C–C–N with tert-alkyl or cyclic N) is 2. The topological polar surface area (TPSA) is 171 Å². The van der Waals surface area contributed by atoms with Crippen LogP contribution in [0.15, 0.2) is 158 Å². The molecule has 2 fully saturated rings. The fourth-order valence-corrected chi connectivity index (χ4v) is 11.6. The van der Waals surface area contributed by atoms with E-state index in [9.17, 15) is 29.4 Å². The molecule has 14 nitrogen and oxygen atoms in total. The summed E-state index contributed by atoms with van der Waals surface area (Å²) < 4.78 is 35.8. The number of ether oxygens (including phenoxy) is 6. The minimum atomic E-state index is -0.987. The number of Topliss-reactive ketones (excluding diaryl/α,β-unsaturated/α-hetero) is 2. The summed E-state index contributed by atoms with van der Waals surface area (Å²) in [4.78, 5) is 52.5. The smallest absolute Gasteiger partial charge is 0.222 e. The Bertz CT molecular complexity index is 2660. The van der Waals surface area contributed by atoms with Crippen molar-refractivity contribution in [2.24, 2.45) is 0 Å². The lowest BCUT2D eigenvalue weighted by Crippen LogP contribution is -2.42. The number of benzene rings is 6. The van der Waals surface area contributed by atoms with Crippen LogP contribution in [0.3, 0.4) is 0 Å². The van der Waals surface area contributed by atoms with Crippen LogP contribution < -0.4 is 18.9 Å². The van der Waals surface area contributed by atoms with Gasteiger partial charge in [0.05, 0.1) is 65.9 Å². The maximum Gasteiger partial charge on any atom is 0.222 e. The molecule has 4 atom stereocenters. The molecule has 14 heteroatoms. The predicted octanol–water partition coefficient (Wildman–Crippen LogP) is 11.8. The molecule has 0 bridgehead atoms. The Morgan fingerprint density at radius 1 is 0.393 bits per heavy atom. The second kappa shape index (κ2) is 32.1. The van der Waals surface area contributed by atoms with E-state index in [-0.39, 0.29) is 48.7 Å². The molecule has 0 unspecified atom stereocenters. The third kappa shape index (κ3) is 16.9. The number of hydrogen-bond donors (Lipinski definition) is 2. The first-order valence-electron chi connectivity index (χ1n) is 29.7. The molecule has 2 aliphatic rings. The molecule has 2 aliphatic heterocycles. The second-order valence-electron chi connectivity index (χ2n) is 22.0. The number of amides is 2. The zero-order valence-electron chi connectivity index (χ0n) is 49.9. The van der Waals surface area contributed by atoms with Crippen LogP contribution in [-0.2, 0) is 39.9 Å². The molecule has 2 amide bonds. The first kappa shape index (κ1) is 64.2. The highest BCUT2D eigenvalue weighted by molar-refractivity contribution is 5.78. The maximum atomic E-state index is 13.3. The molecule has 84 heavy (non-hydrogen) atoms. The van der Waals surface area contributed by atoms with Gasteiger partial charge in [-0.2, -0.15) is 0 Å². The lowest BCUT2D eigenvalue weighted by Gasteiger charge is -2.38. The van der Waals surface area contributed by atoms with Gasteiger partial charge in [0, 0.05) is 38.8 Å². The van der Waals surface area contributed by atoms with E-state index in [4.69, 9.17) is 28.4 Å². The average Bonchev–Trinajstić information content (AvgIpc) is 2.04. The molecule has 8 rings (SSSR count). The standard InChI is InChI=1S/2C35H43NO6/c2*1-26(37)11-7-4-5-10-14-34(39)36-24-31(38)23-30(36)25-42-35(27-12-8-6-9-13-27,28-15-19-32(40-2)20-16-28)29-17-21-33(41-3)22-18-29/h2*6,8-9,12-13,15-22,30-31,38H,4-5,7,10-11,14,23-25H2,1-3H3/t2*30-,31+/m00/s1.